The van der Waals surface area contributed by atoms with E-state index in [1.54, 1.807) is 18.6 Å². The van der Waals surface area contributed by atoms with Gasteiger partial charge in [0.2, 0.25) is 0 Å². The fourth-order valence-electron chi connectivity index (χ4n) is 4.53. The highest BCUT2D eigenvalue weighted by atomic mass is 16.2. The molecule has 1 aromatic carbocycles. The largest absolute Gasteiger partial charge is 0.363 e. The van der Waals surface area contributed by atoms with Gasteiger partial charge in [0.05, 0.1) is 12.1 Å². The van der Waals surface area contributed by atoms with E-state index in [1.165, 1.54) is 4.90 Å². The Morgan fingerprint density at radius 1 is 0.794 bits per heavy atom. The fraction of sp³-hybridized carbons (Fsp3) is 0.259. The third-order valence-electron chi connectivity index (χ3n) is 6.60. The van der Waals surface area contributed by atoms with Crippen LogP contribution < -0.4 is 4.90 Å². The Labute approximate surface area is 199 Å². The standard InChI is InChI=1S/C27H27N5O2/c1-19-6-7-22(17-20(19)2)24-25(27(34)32(26(24)33)18-21-8-11-28-12-9-21)31-15-13-30(14-16-31)23-5-3-4-10-29-23/h3-12,17H,13-16,18H2,1-2H3. The van der Waals surface area contributed by atoms with Crippen molar-refractivity contribution >= 4 is 23.2 Å². The predicted molar refractivity (Wildman–Crippen MR) is 131 cm³/mol. The molecule has 172 valence electrons. The summed E-state index contributed by atoms with van der Waals surface area (Å²) in [7, 11) is 0. The Bertz CT molecular complexity index is 1250. The lowest BCUT2D eigenvalue weighted by Gasteiger charge is -2.37. The lowest BCUT2D eigenvalue weighted by Crippen LogP contribution is -2.47. The Morgan fingerprint density at radius 2 is 1.53 bits per heavy atom. The third kappa shape index (κ3) is 4.05. The minimum atomic E-state index is -0.243. The lowest BCUT2D eigenvalue weighted by molar-refractivity contribution is -0.138. The number of aryl methyl sites for hydroxylation is 2. The van der Waals surface area contributed by atoms with E-state index in [0.717, 1.165) is 41.2 Å². The number of carbonyl (C=O) groups excluding carboxylic acids is 2. The predicted octanol–water partition coefficient (Wildman–Crippen LogP) is 3.20. The molecule has 0 unspecified atom stereocenters. The van der Waals surface area contributed by atoms with Gasteiger partial charge in [-0.25, -0.2) is 4.98 Å². The normalized spacial score (nSPS) is 16.6. The summed E-state index contributed by atoms with van der Waals surface area (Å²) in [5.41, 5.74) is 4.91. The smallest absolute Gasteiger partial charge is 0.278 e. The van der Waals surface area contributed by atoms with Gasteiger partial charge in [-0.3, -0.25) is 19.5 Å². The molecule has 0 N–H and O–H groups in total. The van der Waals surface area contributed by atoms with Gasteiger partial charge in [-0.15, -0.1) is 0 Å². The highest BCUT2D eigenvalue weighted by Gasteiger charge is 2.42. The molecule has 5 rings (SSSR count). The number of amides is 2. The average Bonchev–Trinajstić information content (AvgIpc) is 3.12. The van der Waals surface area contributed by atoms with Crippen LogP contribution in [0.25, 0.3) is 5.57 Å². The molecule has 7 heteroatoms. The molecular formula is C27H27N5O2. The van der Waals surface area contributed by atoms with Crippen LogP contribution in [0.4, 0.5) is 5.82 Å². The molecule has 34 heavy (non-hydrogen) atoms. The molecule has 7 nitrogen and oxygen atoms in total. The first-order chi connectivity index (χ1) is 16.5. The zero-order valence-corrected chi connectivity index (χ0v) is 19.4. The number of benzene rings is 1. The Morgan fingerprint density at radius 3 is 2.21 bits per heavy atom. The van der Waals surface area contributed by atoms with Crippen molar-refractivity contribution in [2.45, 2.75) is 20.4 Å². The van der Waals surface area contributed by atoms with Gasteiger partial charge in [-0.05, 0) is 60.4 Å². The number of pyridine rings is 2. The molecule has 0 atom stereocenters. The fourth-order valence-corrected chi connectivity index (χ4v) is 4.53. The molecule has 2 aliphatic rings. The summed E-state index contributed by atoms with van der Waals surface area (Å²) in [6, 6.07) is 15.5. The molecule has 0 aliphatic carbocycles. The molecular weight excluding hydrogens is 426 g/mol. The molecule has 2 aliphatic heterocycles. The summed E-state index contributed by atoms with van der Waals surface area (Å²) in [6.07, 6.45) is 5.14. The summed E-state index contributed by atoms with van der Waals surface area (Å²) in [4.78, 5) is 41.4. The quantitative estimate of drug-likeness (QED) is 0.553. The van der Waals surface area contributed by atoms with Crippen molar-refractivity contribution in [3.05, 3.63) is 95.1 Å². The van der Waals surface area contributed by atoms with Gasteiger partial charge in [-0.2, -0.15) is 0 Å². The molecule has 0 radical (unpaired) electrons. The summed E-state index contributed by atoms with van der Waals surface area (Å²) in [5.74, 6) is 0.451. The van der Waals surface area contributed by atoms with Gasteiger partial charge in [0, 0.05) is 44.8 Å². The van der Waals surface area contributed by atoms with Gasteiger partial charge in [0.1, 0.15) is 11.5 Å². The highest BCUT2D eigenvalue weighted by Crippen LogP contribution is 2.34. The summed E-state index contributed by atoms with van der Waals surface area (Å²) in [6.45, 7) is 7.04. The van der Waals surface area contributed by atoms with Crippen LogP contribution in [0.3, 0.4) is 0 Å². The van der Waals surface area contributed by atoms with Crippen LogP contribution in [0.1, 0.15) is 22.3 Å². The van der Waals surface area contributed by atoms with Crippen molar-refractivity contribution in [3.63, 3.8) is 0 Å². The average molecular weight is 454 g/mol. The van der Waals surface area contributed by atoms with Gasteiger partial charge < -0.3 is 9.80 Å². The van der Waals surface area contributed by atoms with Crippen LogP contribution in [0.5, 0.6) is 0 Å². The number of imide groups is 1. The monoisotopic (exact) mass is 453 g/mol. The number of rotatable bonds is 5. The van der Waals surface area contributed by atoms with Crippen molar-refractivity contribution in [1.82, 2.24) is 19.8 Å². The van der Waals surface area contributed by atoms with Gasteiger partial charge in [0.25, 0.3) is 11.8 Å². The van der Waals surface area contributed by atoms with E-state index in [1.807, 2.05) is 62.4 Å². The first-order valence-corrected chi connectivity index (χ1v) is 11.5. The van der Waals surface area contributed by atoms with Crippen LogP contribution in [0.2, 0.25) is 0 Å². The maximum absolute atomic E-state index is 13.7. The number of hydrogen-bond donors (Lipinski definition) is 0. The van der Waals surface area contributed by atoms with Crippen LogP contribution in [0.15, 0.2) is 72.8 Å². The lowest BCUT2D eigenvalue weighted by atomic mass is 9.99. The number of nitrogens with zero attached hydrogens (tertiary/aromatic N) is 5. The second kappa shape index (κ2) is 9.09. The summed E-state index contributed by atoms with van der Waals surface area (Å²) < 4.78 is 0. The molecule has 0 spiro atoms. The van der Waals surface area contributed by atoms with E-state index < -0.39 is 0 Å². The van der Waals surface area contributed by atoms with E-state index in [-0.39, 0.29) is 18.4 Å². The highest BCUT2D eigenvalue weighted by molar-refractivity contribution is 6.35. The van der Waals surface area contributed by atoms with Crippen molar-refractivity contribution in [2.24, 2.45) is 0 Å². The van der Waals surface area contributed by atoms with Crippen LogP contribution in [0, 0.1) is 13.8 Å². The number of piperazine rings is 1. The number of anilines is 1. The van der Waals surface area contributed by atoms with Crippen molar-refractivity contribution < 1.29 is 9.59 Å². The SMILES string of the molecule is Cc1ccc(C2=C(N3CCN(c4ccccn4)CC3)C(=O)N(Cc3ccncc3)C2=O)cc1C. The molecule has 2 aromatic heterocycles. The van der Waals surface area contributed by atoms with E-state index in [0.29, 0.717) is 24.4 Å². The zero-order chi connectivity index (χ0) is 23.7. The molecule has 0 bridgehead atoms. The molecule has 4 heterocycles. The Kier molecular flexibility index (Phi) is 5.84. The second-order valence-electron chi connectivity index (χ2n) is 8.74. The van der Waals surface area contributed by atoms with E-state index in [2.05, 4.69) is 19.8 Å². The number of aromatic nitrogens is 2. The topological polar surface area (TPSA) is 69.6 Å². The van der Waals surface area contributed by atoms with E-state index in [4.69, 9.17) is 0 Å². The minimum absolute atomic E-state index is 0.228. The number of carbonyl (C=O) groups is 2. The molecule has 3 aromatic rings. The molecule has 0 saturated carbocycles. The van der Waals surface area contributed by atoms with Crippen LogP contribution in [-0.2, 0) is 16.1 Å². The van der Waals surface area contributed by atoms with Gasteiger partial charge >= 0.3 is 0 Å². The van der Waals surface area contributed by atoms with Crippen molar-refractivity contribution in [1.29, 1.82) is 0 Å². The Hall–Kier alpha value is -4.00. The van der Waals surface area contributed by atoms with Gasteiger partial charge in [0.15, 0.2) is 0 Å². The van der Waals surface area contributed by atoms with Gasteiger partial charge in [-0.1, -0.05) is 24.3 Å². The Balaban J connectivity index is 1.48. The number of hydrogen-bond acceptors (Lipinski definition) is 6. The molecule has 1 fully saturated rings. The van der Waals surface area contributed by atoms with E-state index in [9.17, 15) is 9.59 Å². The van der Waals surface area contributed by atoms with Crippen molar-refractivity contribution in [2.75, 3.05) is 31.1 Å². The van der Waals surface area contributed by atoms with Crippen LogP contribution in [-0.4, -0.2) is 57.8 Å². The maximum Gasteiger partial charge on any atom is 0.278 e. The van der Waals surface area contributed by atoms with E-state index >= 15 is 0 Å². The third-order valence-corrected chi connectivity index (χ3v) is 6.60. The molecule has 1 saturated heterocycles. The van der Waals surface area contributed by atoms with Crippen molar-refractivity contribution in [3.8, 4) is 0 Å². The molecule has 2 amide bonds. The maximum atomic E-state index is 13.7. The minimum Gasteiger partial charge on any atom is -0.363 e. The summed E-state index contributed by atoms with van der Waals surface area (Å²) >= 11 is 0. The summed E-state index contributed by atoms with van der Waals surface area (Å²) in [5, 5.41) is 0. The first kappa shape index (κ1) is 21.8. The first-order valence-electron chi connectivity index (χ1n) is 11.5. The zero-order valence-electron chi connectivity index (χ0n) is 19.4. The second-order valence-corrected chi connectivity index (χ2v) is 8.74. The van der Waals surface area contributed by atoms with Crippen LogP contribution >= 0.6 is 0 Å².